The largest absolute Gasteiger partial charge is 0.357 e. The van der Waals surface area contributed by atoms with Crippen LogP contribution in [0.25, 0.3) is 0 Å². The molecule has 0 bridgehead atoms. The summed E-state index contributed by atoms with van der Waals surface area (Å²) >= 11 is 12.3. The van der Waals surface area contributed by atoms with E-state index in [1.807, 2.05) is 30.3 Å². The Morgan fingerprint density at radius 2 is 1.50 bits per heavy atom. The molecule has 0 spiro atoms. The third-order valence-electron chi connectivity index (χ3n) is 6.50. The van der Waals surface area contributed by atoms with Gasteiger partial charge >= 0.3 is 0 Å². The third kappa shape index (κ3) is 6.06. The van der Waals surface area contributed by atoms with Crippen molar-refractivity contribution >= 4 is 46.8 Å². The summed E-state index contributed by atoms with van der Waals surface area (Å²) in [5.41, 5.74) is 2.36. The van der Waals surface area contributed by atoms with Crippen LogP contribution < -0.4 is 5.32 Å². The van der Waals surface area contributed by atoms with Crippen LogP contribution in [0.3, 0.4) is 0 Å². The second-order valence-electron chi connectivity index (χ2n) is 9.00. The number of likely N-dealkylation sites (N-methyl/N-ethyl adjacent to an activating group) is 1. The first kappa shape index (κ1) is 27.4. The van der Waals surface area contributed by atoms with Crippen molar-refractivity contribution < 1.29 is 19.2 Å². The number of imide groups is 1. The molecule has 0 radical (unpaired) electrons. The maximum Gasteiger partial charge on any atom is 0.261 e. The third-order valence-corrected chi connectivity index (χ3v) is 7.24. The lowest BCUT2D eigenvalue weighted by atomic mass is 10.0. The fraction of sp³-hybridized carbons (Fsp3) is 0.241. The van der Waals surface area contributed by atoms with E-state index < -0.39 is 6.04 Å². The molecule has 3 aromatic rings. The van der Waals surface area contributed by atoms with Gasteiger partial charge in [-0.15, -0.1) is 0 Å². The van der Waals surface area contributed by atoms with Gasteiger partial charge in [-0.25, -0.2) is 0 Å². The van der Waals surface area contributed by atoms with Gasteiger partial charge < -0.3 is 10.2 Å². The average molecular weight is 552 g/mol. The highest BCUT2D eigenvalue weighted by atomic mass is 35.5. The van der Waals surface area contributed by atoms with Crippen LogP contribution in [0.4, 0.5) is 0 Å². The van der Waals surface area contributed by atoms with Crippen LogP contribution in [0, 0.1) is 0 Å². The molecule has 38 heavy (non-hydrogen) atoms. The van der Waals surface area contributed by atoms with Crippen molar-refractivity contribution in [3.05, 3.63) is 105 Å². The highest BCUT2D eigenvalue weighted by Gasteiger charge is 2.35. The Morgan fingerprint density at radius 3 is 2.11 bits per heavy atom. The first-order valence-electron chi connectivity index (χ1n) is 12.2. The molecule has 4 rings (SSSR count). The highest BCUT2D eigenvalue weighted by Crippen LogP contribution is 2.25. The van der Waals surface area contributed by atoms with Gasteiger partial charge in [0.2, 0.25) is 11.8 Å². The van der Waals surface area contributed by atoms with Gasteiger partial charge in [0.05, 0.1) is 21.2 Å². The van der Waals surface area contributed by atoms with E-state index in [9.17, 15) is 19.2 Å². The number of rotatable bonds is 10. The maximum atomic E-state index is 13.6. The number of carbonyl (C=O) groups is 4. The van der Waals surface area contributed by atoms with Gasteiger partial charge in [0, 0.05) is 33.0 Å². The van der Waals surface area contributed by atoms with Crippen molar-refractivity contribution in [1.29, 1.82) is 0 Å². The van der Waals surface area contributed by atoms with Crippen molar-refractivity contribution in [2.45, 2.75) is 31.8 Å². The topological polar surface area (TPSA) is 86.8 Å². The molecule has 0 unspecified atom stereocenters. The van der Waals surface area contributed by atoms with Gasteiger partial charge in [0.25, 0.3) is 11.8 Å². The lowest BCUT2D eigenvalue weighted by Gasteiger charge is -2.31. The van der Waals surface area contributed by atoms with Gasteiger partial charge in [-0.05, 0) is 41.8 Å². The summed E-state index contributed by atoms with van der Waals surface area (Å²) in [4.78, 5) is 54.7. The molecular formula is C29H27Cl2N3O4. The molecule has 3 aromatic carbocycles. The van der Waals surface area contributed by atoms with Gasteiger partial charge in [-0.2, -0.15) is 0 Å². The lowest BCUT2D eigenvalue weighted by Crippen LogP contribution is -2.49. The van der Waals surface area contributed by atoms with Gasteiger partial charge in [0.15, 0.2) is 0 Å². The van der Waals surface area contributed by atoms with Crippen LogP contribution in [-0.2, 0) is 22.6 Å². The van der Waals surface area contributed by atoms with E-state index >= 15 is 0 Å². The number of benzene rings is 3. The van der Waals surface area contributed by atoms with E-state index in [1.165, 1.54) is 16.8 Å². The molecule has 1 aliphatic rings. The van der Waals surface area contributed by atoms with Gasteiger partial charge in [-0.3, -0.25) is 24.1 Å². The molecule has 1 aliphatic heterocycles. The predicted octanol–water partition coefficient (Wildman–Crippen LogP) is 4.76. The Balaban J connectivity index is 1.53. The zero-order valence-corrected chi connectivity index (χ0v) is 22.3. The average Bonchev–Trinajstić information content (AvgIpc) is 3.17. The van der Waals surface area contributed by atoms with Crippen molar-refractivity contribution in [1.82, 2.24) is 15.1 Å². The molecule has 1 N–H and O–H groups in total. The standard InChI is InChI=1S/C29H27Cl2N3O4/c1-32-27(36)25(17-19-8-3-2-4-9-19)34(18-20-13-14-23(30)24(31)16-20)26(35)12-7-15-33-28(37)21-10-5-6-11-22(21)29(33)38/h2-6,8-11,13-14,16,25H,7,12,15,17-18H2,1H3,(H,32,36)/t25-/m0/s1. The Kier molecular flexibility index (Phi) is 8.81. The van der Waals surface area contributed by atoms with E-state index in [2.05, 4.69) is 5.32 Å². The fourth-order valence-electron chi connectivity index (χ4n) is 4.53. The minimum absolute atomic E-state index is 0.0387. The first-order chi connectivity index (χ1) is 18.3. The Bertz CT molecular complexity index is 1330. The molecule has 0 saturated carbocycles. The number of nitrogens with zero attached hydrogens (tertiary/aromatic N) is 2. The molecule has 0 aromatic heterocycles. The normalized spacial score (nSPS) is 13.3. The van der Waals surface area contributed by atoms with E-state index in [0.717, 1.165) is 11.1 Å². The van der Waals surface area contributed by atoms with E-state index in [1.54, 1.807) is 42.5 Å². The minimum Gasteiger partial charge on any atom is -0.357 e. The number of halogens is 2. The maximum absolute atomic E-state index is 13.6. The molecule has 9 heteroatoms. The predicted molar refractivity (Wildman–Crippen MR) is 146 cm³/mol. The quantitative estimate of drug-likeness (QED) is 0.368. The zero-order valence-electron chi connectivity index (χ0n) is 20.8. The Morgan fingerprint density at radius 1 is 0.868 bits per heavy atom. The summed E-state index contributed by atoms with van der Waals surface area (Å²) in [6, 6.07) is 20.4. The van der Waals surface area contributed by atoms with Crippen LogP contribution in [0.1, 0.15) is 44.7 Å². The number of nitrogens with one attached hydrogen (secondary N) is 1. The molecule has 0 aliphatic carbocycles. The summed E-state index contributed by atoms with van der Waals surface area (Å²) in [5.74, 6) is -1.31. The zero-order chi connectivity index (χ0) is 27.2. The number of hydrogen-bond donors (Lipinski definition) is 1. The van der Waals surface area contributed by atoms with E-state index in [4.69, 9.17) is 23.2 Å². The van der Waals surface area contributed by atoms with E-state index in [0.29, 0.717) is 27.6 Å². The highest BCUT2D eigenvalue weighted by molar-refractivity contribution is 6.42. The van der Waals surface area contributed by atoms with Crippen LogP contribution in [-0.4, -0.2) is 53.1 Å². The monoisotopic (exact) mass is 551 g/mol. The van der Waals surface area contributed by atoms with Crippen molar-refractivity contribution in [3.63, 3.8) is 0 Å². The number of fused-ring (bicyclic) bond motifs is 1. The second kappa shape index (κ2) is 12.2. The minimum atomic E-state index is -0.788. The summed E-state index contributed by atoms with van der Waals surface area (Å²) in [6.45, 7) is 0.232. The molecular weight excluding hydrogens is 525 g/mol. The molecule has 1 heterocycles. The summed E-state index contributed by atoms with van der Waals surface area (Å²) in [6.07, 6.45) is 0.608. The van der Waals surface area contributed by atoms with Crippen LogP contribution in [0.2, 0.25) is 10.0 Å². The van der Waals surface area contributed by atoms with Crippen molar-refractivity contribution in [2.24, 2.45) is 0 Å². The van der Waals surface area contributed by atoms with Crippen LogP contribution >= 0.6 is 23.2 Å². The fourth-order valence-corrected chi connectivity index (χ4v) is 4.85. The number of amides is 4. The molecule has 7 nitrogen and oxygen atoms in total. The lowest BCUT2D eigenvalue weighted by molar-refractivity contribution is -0.141. The molecule has 0 fully saturated rings. The van der Waals surface area contributed by atoms with Crippen LogP contribution in [0.15, 0.2) is 72.8 Å². The van der Waals surface area contributed by atoms with Gasteiger partial charge in [-0.1, -0.05) is 71.7 Å². The SMILES string of the molecule is CNC(=O)[C@H](Cc1ccccc1)N(Cc1ccc(Cl)c(Cl)c1)C(=O)CCCN1C(=O)c2ccccc2C1=O. The van der Waals surface area contributed by atoms with Crippen molar-refractivity contribution in [3.8, 4) is 0 Å². The van der Waals surface area contributed by atoms with Gasteiger partial charge in [0.1, 0.15) is 6.04 Å². The number of hydrogen-bond acceptors (Lipinski definition) is 4. The summed E-state index contributed by atoms with van der Waals surface area (Å²) < 4.78 is 0. The summed E-state index contributed by atoms with van der Waals surface area (Å²) in [7, 11) is 1.53. The van der Waals surface area contributed by atoms with Crippen molar-refractivity contribution in [2.75, 3.05) is 13.6 Å². The molecule has 0 saturated heterocycles. The number of carbonyl (C=O) groups excluding carboxylic acids is 4. The molecule has 1 atom stereocenters. The molecule has 196 valence electrons. The second-order valence-corrected chi connectivity index (χ2v) is 9.82. The van der Waals surface area contributed by atoms with Crippen LogP contribution in [0.5, 0.6) is 0 Å². The summed E-state index contributed by atoms with van der Waals surface area (Å²) in [5, 5.41) is 3.41. The molecule has 4 amide bonds. The Hall–Kier alpha value is -3.68. The first-order valence-corrected chi connectivity index (χ1v) is 13.0. The van der Waals surface area contributed by atoms with E-state index in [-0.39, 0.29) is 49.6 Å². The Labute approximate surface area is 231 Å². The smallest absolute Gasteiger partial charge is 0.261 e.